The van der Waals surface area contributed by atoms with Crippen LogP contribution in [0.25, 0.3) is 0 Å². The van der Waals surface area contributed by atoms with Crippen LogP contribution in [0.3, 0.4) is 0 Å². The van der Waals surface area contributed by atoms with Gasteiger partial charge in [-0.2, -0.15) is 0 Å². The number of aliphatic hydroxyl groups is 2. The number of rotatable bonds is 0. The van der Waals surface area contributed by atoms with Gasteiger partial charge in [-0.3, -0.25) is 0 Å². The zero-order valence-corrected chi connectivity index (χ0v) is 12.2. The van der Waals surface area contributed by atoms with E-state index in [1.54, 1.807) is 0 Å². The van der Waals surface area contributed by atoms with Crippen LogP contribution in [0.15, 0.2) is 0 Å². The highest BCUT2D eigenvalue weighted by molar-refractivity contribution is 14.1. The third-order valence-electron chi connectivity index (χ3n) is 3.88. The average Bonchev–Trinajstić information content (AvgIpc) is 1.67. The van der Waals surface area contributed by atoms with Crippen molar-refractivity contribution in [3.63, 3.8) is 0 Å². The standard InChI is InChI=1S/C10H14I2O2/c11-7-1-8(12)4-9(13,2-7)6-10(14,3-7)5-8/h13-14H,1-6H2. The van der Waals surface area contributed by atoms with Crippen LogP contribution in [0, 0.1) is 0 Å². The number of hydrogen-bond acceptors (Lipinski definition) is 2. The van der Waals surface area contributed by atoms with Crippen molar-refractivity contribution < 1.29 is 10.2 Å². The van der Waals surface area contributed by atoms with Crippen molar-refractivity contribution in [2.75, 3.05) is 0 Å². The van der Waals surface area contributed by atoms with Gasteiger partial charge in [0.05, 0.1) is 11.2 Å². The Kier molecular flexibility index (Phi) is 1.97. The van der Waals surface area contributed by atoms with E-state index in [1.165, 1.54) is 0 Å². The molecule has 4 aliphatic carbocycles. The maximum absolute atomic E-state index is 10.4. The van der Waals surface area contributed by atoms with Crippen molar-refractivity contribution in [3.8, 4) is 0 Å². The van der Waals surface area contributed by atoms with E-state index in [-0.39, 0.29) is 6.84 Å². The predicted molar refractivity (Wildman–Crippen MR) is 71.1 cm³/mol. The van der Waals surface area contributed by atoms with Gasteiger partial charge in [0.2, 0.25) is 0 Å². The lowest BCUT2D eigenvalue weighted by molar-refractivity contribution is -0.174. The highest BCUT2D eigenvalue weighted by Gasteiger charge is 2.66. The molecule has 0 unspecified atom stereocenters. The fourth-order valence-electron chi connectivity index (χ4n) is 4.29. The van der Waals surface area contributed by atoms with Crippen LogP contribution in [0.1, 0.15) is 38.5 Å². The molecular formula is C10H14I2O2. The molecule has 0 aromatic heterocycles. The quantitative estimate of drug-likeness (QED) is 0.466. The molecule has 4 aliphatic rings. The zero-order chi connectivity index (χ0) is 10.2. The van der Waals surface area contributed by atoms with Gasteiger partial charge in [-0.25, -0.2) is 0 Å². The summed E-state index contributed by atoms with van der Waals surface area (Å²) in [5.74, 6) is 0. The Labute approximate surface area is 111 Å². The highest BCUT2D eigenvalue weighted by atomic mass is 127. The molecule has 0 aromatic rings. The first-order chi connectivity index (χ1) is 6.24. The van der Waals surface area contributed by atoms with Gasteiger partial charge >= 0.3 is 0 Å². The van der Waals surface area contributed by atoms with E-state index in [9.17, 15) is 10.2 Å². The first-order valence-corrected chi connectivity index (χ1v) is 7.23. The van der Waals surface area contributed by atoms with Crippen molar-refractivity contribution in [2.24, 2.45) is 0 Å². The molecule has 4 fully saturated rings. The lowest BCUT2D eigenvalue weighted by Gasteiger charge is -2.64. The van der Waals surface area contributed by atoms with Gasteiger partial charge in [-0.15, -0.1) is 0 Å². The molecule has 4 saturated carbocycles. The minimum Gasteiger partial charge on any atom is -0.390 e. The Hall–Kier alpha value is 1.38. The second-order valence-electron chi connectivity index (χ2n) is 5.81. The Morgan fingerprint density at radius 1 is 0.643 bits per heavy atom. The summed E-state index contributed by atoms with van der Waals surface area (Å²) in [6, 6.07) is 0. The fourth-order valence-corrected chi connectivity index (χ4v) is 9.32. The monoisotopic (exact) mass is 420 g/mol. The summed E-state index contributed by atoms with van der Waals surface area (Å²) in [6.45, 7) is 0. The van der Waals surface area contributed by atoms with Crippen molar-refractivity contribution in [3.05, 3.63) is 0 Å². The molecule has 0 radical (unpaired) electrons. The molecule has 0 amide bonds. The van der Waals surface area contributed by atoms with E-state index < -0.39 is 11.2 Å². The normalized spacial score (nSPS) is 66.0. The maximum Gasteiger partial charge on any atom is 0.0700 e. The molecule has 2 N–H and O–H groups in total. The first-order valence-electron chi connectivity index (χ1n) is 5.07. The molecule has 80 valence electrons. The first kappa shape index (κ1) is 10.5. The van der Waals surface area contributed by atoms with Crippen molar-refractivity contribution in [1.29, 1.82) is 0 Å². The summed E-state index contributed by atoms with van der Waals surface area (Å²) in [5.41, 5.74) is -1.16. The molecule has 0 spiro atoms. The molecule has 0 aliphatic heterocycles. The van der Waals surface area contributed by atoms with E-state index in [1.807, 2.05) is 0 Å². The molecule has 4 rings (SSSR count). The summed E-state index contributed by atoms with van der Waals surface area (Å²) in [4.78, 5) is 0. The predicted octanol–water partition coefficient (Wildman–Crippen LogP) is 2.18. The minimum atomic E-state index is -0.578. The van der Waals surface area contributed by atoms with Crippen LogP contribution < -0.4 is 0 Å². The molecular weight excluding hydrogens is 406 g/mol. The van der Waals surface area contributed by atoms with Gasteiger partial charge in [-0.1, -0.05) is 45.2 Å². The Morgan fingerprint density at radius 3 is 1.29 bits per heavy atom. The molecule has 14 heavy (non-hydrogen) atoms. The second kappa shape index (κ2) is 2.61. The lowest BCUT2D eigenvalue weighted by atomic mass is 9.52. The SMILES string of the molecule is OC12CC3(O)CC(I)(C1)CC(I)(C2)C3. The molecule has 4 heteroatoms. The number of alkyl halides is 2. The summed E-state index contributed by atoms with van der Waals surface area (Å²) >= 11 is 4.94. The largest absolute Gasteiger partial charge is 0.390 e. The molecule has 0 saturated heterocycles. The lowest BCUT2D eigenvalue weighted by Crippen LogP contribution is -2.68. The molecule has 0 heterocycles. The Balaban J connectivity index is 2.08. The highest BCUT2D eigenvalue weighted by Crippen LogP contribution is 2.66. The van der Waals surface area contributed by atoms with Gasteiger partial charge < -0.3 is 10.2 Å². The van der Waals surface area contributed by atoms with Crippen LogP contribution >= 0.6 is 45.2 Å². The third-order valence-corrected chi connectivity index (χ3v) is 6.16. The van der Waals surface area contributed by atoms with Crippen LogP contribution in [0.5, 0.6) is 0 Å². The summed E-state index contributed by atoms with van der Waals surface area (Å²) in [6.07, 6.45) is 5.30. The minimum absolute atomic E-state index is 0.150. The summed E-state index contributed by atoms with van der Waals surface area (Å²) in [7, 11) is 0. The topological polar surface area (TPSA) is 40.5 Å². The molecule has 0 aromatic carbocycles. The Bertz CT molecular complexity index is 209. The second-order valence-corrected chi connectivity index (χ2v) is 10.4. The van der Waals surface area contributed by atoms with E-state index in [0.29, 0.717) is 6.42 Å². The zero-order valence-electron chi connectivity index (χ0n) is 7.89. The fraction of sp³-hybridized carbons (Fsp3) is 1.00. The van der Waals surface area contributed by atoms with Gasteiger partial charge in [0.1, 0.15) is 0 Å². The summed E-state index contributed by atoms with van der Waals surface area (Å²) in [5, 5.41) is 20.9. The Morgan fingerprint density at radius 2 is 1.00 bits per heavy atom. The summed E-state index contributed by atoms with van der Waals surface area (Å²) < 4.78 is 0.300. The van der Waals surface area contributed by atoms with Gasteiger partial charge in [0.15, 0.2) is 0 Å². The van der Waals surface area contributed by atoms with E-state index >= 15 is 0 Å². The smallest absolute Gasteiger partial charge is 0.0700 e. The van der Waals surface area contributed by atoms with Crippen LogP contribution in [-0.2, 0) is 0 Å². The average molecular weight is 420 g/mol. The van der Waals surface area contributed by atoms with Gasteiger partial charge in [0, 0.05) is 13.3 Å². The van der Waals surface area contributed by atoms with E-state index in [4.69, 9.17) is 0 Å². The van der Waals surface area contributed by atoms with Crippen molar-refractivity contribution >= 4 is 45.2 Å². The molecule has 4 bridgehead atoms. The van der Waals surface area contributed by atoms with E-state index in [2.05, 4.69) is 45.2 Å². The third kappa shape index (κ3) is 1.47. The van der Waals surface area contributed by atoms with Crippen molar-refractivity contribution in [2.45, 2.75) is 56.6 Å². The van der Waals surface area contributed by atoms with Gasteiger partial charge in [0.25, 0.3) is 0 Å². The van der Waals surface area contributed by atoms with E-state index in [0.717, 1.165) is 32.1 Å². The maximum atomic E-state index is 10.4. The van der Waals surface area contributed by atoms with Gasteiger partial charge in [-0.05, 0) is 32.1 Å². The molecule has 0 atom stereocenters. The number of halogens is 2. The molecule has 2 nitrogen and oxygen atoms in total. The van der Waals surface area contributed by atoms with Crippen molar-refractivity contribution in [1.82, 2.24) is 0 Å². The van der Waals surface area contributed by atoms with Crippen LogP contribution in [-0.4, -0.2) is 28.3 Å². The number of hydrogen-bond donors (Lipinski definition) is 2. The van der Waals surface area contributed by atoms with Crippen LogP contribution in [0.2, 0.25) is 0 Å². The van der Waals surface area contributed by atoms with Crippen LogP contribution in [0.4, 0.5) is 0 Å².